The van der Waals surface area contributed by atoms with E-state index in [4.69, 9.17) is 0 Å². The van der Waals surface area contributed by atoms with Gasteiger partial charge in [-0.15, -0.1) is 0 Å². The second-order valence-corrected chi connectivity index (χ2v) is 8.48. The minimum Gasteiger partial charge on any atom is -0.305 e. The molecule has 2 aromatic heterocycles. The lowest BCUT2D eigenvalue weighted by Crippen LogP contribution is -2.15. The molecular formula is C18H23N5O2S. The summed E-state index contributed by atoms with van der Waals surface area (Å²) < 4.78 is 29.9. The van der Waals surface area contributed by atoms with Crippen molar-refractivity contribution in [2.45, 2.75) is 25.3 Å². The smallest absolute Gasteiger partial charge is 0.263 e. The Morgan fingerprint density at radius 3 is 2.58 bits per heavy atom. The molecule has 1 aromatic carbocycles. The summed E-state index contributed by atoms with van der Waals surface area (Å²) in [6.07, 6.45) is 1.36. The molecule has 0 spiro atoms. The van der Waals surface area contributed by atoms with Crippen molar-refractivity contribution in [3.05, 3.63) is 47.3 Å². The minimum atomic E-state index is -3.74. The average molecular weight is 373 g/mol. The largest absolute Gasteiger partial charge is 0.305 e. The highest BCUT2D eigenvalue weighted by Gasteiger charge is 2.18. The van der Waals surface area contributed by atoms with Crippen molar-refractivity contribution >= 4 is 26.7 Å². The summed E-state index contributed by atoms with van der Waals surface area (Å²) in [4.78, 5) is 6.42. The summed E-state index contributed by atoms with van der Waals surface area (Å²) in [7, 11) is 2.00. The minimum absolute atomic E-state index is 0.122. The molecule has 0 aliphatic rings. The Balaban J connectivity index is 1.96. The van der Waals surface area contributed by atoms with Gasteiger partial charge in [0.05, 0.1) is 5.69 Å². The van der Waals surface area contributed by atoms with Crippen molar-refractivity contribution in [3.8, 4) is 0 Å². The number of hydrogen-bond donors (Lipinski definition) is 1. The maximum atomic E-state index is 12.8. The number of nitrogens with zero attached hydrogens (tertiary/aromatic N) is 4. The predicted octanol–water partition coefficient (Wildman–Crippen LogP) is 2.45. The number of aryl methyl sites for hydroxylation is 3. The molecule has 7 nitrogen and oxygen atoms in total. The number of hydrogen-bond acceptors (Lipinski definition) is 5. The molecule has 0 fully saturated rings. The van der Waals surface area contributed by atoms with Crippen molar-refractivity contribution in [1.29, 1.82) is 0 Å². The molecule has 0 aliphatic carbocycles. The average Bonchev–Trinajstić information content (AvgIpc) is 2.80. The number of fused-ring (bicyclic) bond motifs is 1. The maximum absolute atomic E-state index is 12.8. The van der Waals surface area contributed by atoms with Gasteiger partial charge in [-0.1, -0.05) is 6.07 Å². The molecule has 0 aliphatic heterocycles. The van der Waals surface area contributed by atoms with Gasteiger partial charge in [-0.05, 0) is 57.3 Å². The van der Waals surface area contributed by atoms with Crippen molar-refractivity contribution in [3.63, 3.8) is 0 Å². The van der Waals surface area contributed by atoms with Crippen molar-refractivity contribution in [1.82, 2.24) is 19.7 Å². The van der Waals surface area contributed by atoms with Crippen LogP contribution in [0.4, 0.5) is 5.69 Å². The van der Waals surface area contributed by atoms with E-state index in [0.29, 0.717) is 11.3 Å². The zero-order valence-corrected chi connectivity index (χ0v) is 16.4. The molecule has 8 heteroatoms. The van der Waals surface area contributed by atoms with E-state index in [9.17, 15) is 8.42 Å². The first-order valence-electron chi connectivity index (χ1n) is 8.23. The first kappa shape index (κ1) is 18.3. The van der Waals surface area contributed by atoms with Crippen LogP contribution in [0.25, 0.3) is 11.0 Å². The molecule has 0 atom stereocenters. The van der Waals surface area contributed by atoms with Crippen LogP contribution >= 0.6 is 0 Å². The molecular weight excluding hydrogens is 350 g/mol. The topological polar surface area (TPSA) is 80.1 Å². The molecule has 138 valence electrons. The van der Waals surface area contributed by atoms with Crippen LogP contribution in [0.3, 0.4) is 0 Å². The summed E-state index contributed by atoms with van der Waals surface area (Å²) in [5, 5.41) is 5.01. The Morgan fingerprint density at radius 2 is 1.88 bits per heavy atom. The number of aromatic nitrogens is 3. The van der Waals surface area contributed by atoms with Gasteiger partial charge in [-0.25, -0.2) is 13.4 Å². The molecule has 0 unspecified atom stereocenters. The maximum Gasteiger partial charge on any atom is 0.263 e. The normalized spacial score (nSPS) is 12.1. The summed E-state index contributed by atoms with van der Waals surface area (Å²) >= 11 is 0. The third kappa shape index (κ3) is 3.71. The highest BCUT2D eigenvalue weighted by molar-refractivity contribution is 7.92. The summed E-state index contributed by atoms with van der Waals surface area (Å²) in [6, 6.07) is 7.33. The number of benzene rings is 1. The lowest BCUT2D eigenvalue weighted by Gasteiger charge is -2.14. The van der Waals surface area contributed by atoms with Crippen LogP contribution < -0.4 is 4.72 Å². The van der Waals surface area contributed by atoms with Gasteiger partial charge in [-0.3, -0.25) is 9.40 Å². The Kier molecular flexibility index (Phi) is 4.72. The van der Waals surface area contributed by atoms with Gasteiger partial charge in [0.15, 0.2) is 5.65 Å². The SMILES string of the molecule is Cc1cc(CN(C)C)cc(NS(=O)(=O)c2cnc3c(c2)c(C)nn3C)c1. The zero-order chi connectivity index (χ0) is 19.1. The van der Waals surface area contributed by atoms with Crippen LogP contribution in [0.1, 0.15) is 16.8 Å². The molecule has 2 heterocycles. The summed E-state index contributed by atoms with van der Waals surface area (Å²) in [5.74, 6) is 0. The molecule has 0 radical (unpaired) electrons. The van der Waals surface area contributed by atoms with Gasteiger partial charge in [0.2, 0.25) is 0 Å². The second kappa shape index (κ2) is 6.69. The van der Waals surface area contributed by atoms with Crippen molar-refractivity contribution in [2.75, 3.05) is 18.8 Å². The third-order valence-corrected chi connectivity index (χ3v) is 5.38. The molecule has 0 saturated carbocycles. The highest BCUT2D eigenvalue weighted by Crippen LogP contribution is 2.23. The standard InChI is InChI=1S/C18H23N5O2S/c1-12-6-14(11-22(3)4)8-15(7-12)21-26(24,25)16-9-17-13(2)20-23(5)18(17)19-10-16/h6-10,21H,11H2,1-5H3. The number of pyridine rings is 1. The molecule has 26 heavy (non-hydrogen) atoms. The number of rotatable bonds is 5. The fraction of sp³-hybridized carbons (Fsp3) is 0.333. The van der Waals surface area contributed by atoms with Crippen LogP contribution in [0, 0.1) is 13.8 Å². The zero-order valence-electron chi connectivity index (χ0n) is 15.6. The van der Waals surface area contributed by atoms with Crippen molar-refractivity contribution < 1.29 is 8.42 Å². The molecule has 0 saturated heterocycles. The van der Waals surface area contributed by atoms with E-state index in [0.717, 1.165) is 28.8 Å². The van der Waals surface area contributed by atoms with Gasteiger partial charge < -0.3 is 4.90 Å². The first-order chi connectivity index (χ1) is 12.2. The van der Waals surface area contributed by atoms with E-state index < -0.39 is 10.0 Å². The Bertz CT molecular complexity index is 1070. The van der Waals surface area contributed by atoms with Gasteiger partial charge >= 0.3 is 0 Å². The second-order valence-electron chi connectivity index (χ2n) is 6.80. The monoisotopic (exact) mass is 373 g/mol. The Morgan fingerprint density at radius 1 is 1.15 bits per heavy atom. The molecule has 0 amide bonds. The van der Waals surface area contributed by atoms with E-state index >= 15 is 0 Å². The molecule has 3 rings (SSSR count). The fourth-order valence-electron chi connectivity index (χ4n) is 3.03. The number of nitrogens with one attached hydrogen (secondary N) is 1. The van der Waals surface area contributed by atoms with E-state index in [1.807, 2.05) is 51.0 Å². The molecule has 3 aromatic rings. The van der Waals surface area contributed by atoms with Crippen LogP contribution in [-0.2, 0) is 23.6 Å². The number of sulfonamides is 1. The van der Waals surface area contributed by atoms with Crippen LogP contribution in [-0.4, -0.2) is 42.2 Å². The van der Waals surface area contributed by atoms with E-state index in [1.165, 1.54) is 6.20 Å². The highest BCUT2D eigenvalue weighted by atomic mass is 32.2. The predicted molar refractivity (Wildman–Crippen MR) is 103 cm³/mol. The summed E-state index contributed by atoms with van der Waals surface area (Å²) in [5.41, 5.74) is 3.99. The van der Waals surface area contributed by atoms with E-state index in [2.05, 4.69) is 14.8 Å². The van der Waals surface area contributed by atoms with Crippen molar-refractivity contribution in [2.24, 2.45) is 7.05 Å². The van der Waals surface area contributed by atoms with E-state index in [-0.39, 0.29) is 4.90 Å². The van der Waals surface area contributed by atoms with Crippen LogP contribution in [0.5, 0.6) is 0 Å². The quantitative estimate of drug-likeness (QED) is 0.743. The number of anilines is 1. The van der Waals surface area contributed by atoms with Gasteiger partial charge in [0.1, 0.15) is 4.90 Å². The fourth-order valence-corrected chi connectivity index (χ4v) is 4.04. The van der Waals surface area contributed by atoms with E-state index in [1.54, 1.807) is 17.8 Å². The van der Waals surface area contributed by atoms with Gasteiger partial charge in [-0.2, -0.15) is 5.10 Å². The first-order valence-corrected chi connectivity index (χ1v) is 9.71. The molecule has 1 N–H and O–H groups in total. The van der Waals surface area contributed by atoms with Crippen LogP contribution in [0.2, 0.25) is 0 Å². The Labute approximate surface area is 153 Å². The summed E-state index contributed by atoms with van der Waals surface area (Å²) in [6.45, 7) is 4.52. The van der Waals surface area contributed by atoms with Gasteiger partial charge in [0.25, 0.3) is 10.0 Å². The lowest BCUT2D eigenvalue weighted by molar-refractivity contribution is 0.402. The lowest BCUT2D eigenvalue weighted by atomic mass is 10.1. The Hall–Kier alpha value is -2.45. The van der Waals surface area contributed by atoms with Crippen LogP contribution in [0.15, 0.2) is 35.4 Å². The molecule has 0 bridgehead atoms. The third-order valence-electron chi connectivity index (χ3n) is 4.04. The van der Waals surface area contributed by atoms with Gasteiger partial charge in [0, 0.05) is 30.9 Å².